The molecule has 2 N–H and O–H groups in total. The average Bonchev–Trinajstić information content (AvgIpc) is 3.69. The van der Waals surface area contributed by atoms with Crippen LogP contribution in [0.15, 0.2) is 59.2 Å². The summed E-state index contributed by atoms with van der Waals surface area (Å²) in [5.41, 5.74) is 2.99. The molecule has 0 unspecified atom stereocenters. The Morgan fingerprint density at radius 3 is 2.45 bits per heavy atom. The fourth-order valence-electron chi connectivity index (χ4n) is 4.61. The number of nitrogens with zero attached hydrogens (tertiary/aromatic N) is 1. The second-order valence-electron chi connectivity index (χ2n) is 9.59. The molecule has 1 aliphatic rings. The van der Waals surface area contributed by atoms with Gasteiger partial charge in [0, 0.05) is 18.8 Å². The third-order valence-corrected chi connectivity index (χ3v) is 6.94. The summed E-state index contributed by atoms with van der Waals surface area (Å²) in [4.78, 5) is 41.8. The number of benzene rings is 2. The van der Waals surface area contributed by atoms with E-state index in [1.54, 1.807) is 30.3 Å². The third-order valence-electron chi connectivity index (χ3n) is 6.94. The van der Waals surface area contributed by atoms with E-state index in [0.717, 1.165) is 24.0 Å². The lowest BCUT2D eigenvalue weighted by Crippen LogP contribution is -2.48. The van der Waals surface area contributed by atoms with Crippen molar-refractivity contribution in [1.82, 2.24) is 10.6 Å². The normalized spacial score (nSPS) is 15.2. The van der Waals surface area contributed by atoms with Crippen molar-refractivity contribution in [1.29, 1.82) is 0 Å². The van der Waals surface area contributed by atoms with E-state index >= 15 is 0 Å². The van der Waals surface area contributed by atoms with Crippen LogP contribution in [0.4, 0.5) is 5.69 Å². The zero-order valence-electron chi connectivity index (χ0n) is 23.2. The first-order valence-corrected chi connectivity index (χ1v) is 13.1. The highest BCUT2D eigenvalue weighted by molar-refractivity contribution is 6.04. The Labute approximate surface area is 233 Å². The molecule has 4 rings (SSSR count). The summed E-state index contributed by atoms with van der Waals surface area (Å²) in [6, 6.07) is 12.6. The van der Waals surface area contributed by atoms with Crippen LogP contribution in [0.25, 0.3) is 0 Å². The number of anilines is 1. The van der Waals surface area contributed by atoms with Gasteiger partial charge in [0.1, 0.15) is 6.04 Å². The van der Waals surface area contributed by atoms with E-state index in [4.69, 9.17) is 18.6 Å². The Bertz CT molecular complexity index is 1330. The molecule has 1 aromatic heterocycles. The SMILES string of the molecule is COc1ccc([C@H](C(=O)NC[C@H]2CCCO2)N(C(=O)CNC(=O)c2ccco2)c2ccc(C)c(C)c2)cc1OC. The minimum absolute atomic E-state index is 0.0799. The Kier molecular flexibility index (Phi) is 9.44. The molecule has 2 heterocycles. The second kappa shape index (κ2) is 13.2. The zero-order valence-corrected chi connectivity index (χ0v) is 23.2. The predicted octanol–water partition coefficient (Wildman–Crippen LogP) is 3.71. The van der Waals surface area contributed by atoms with Crippen LogP contribution in [-0.2, 0) is 14.3 Å². The van der Waals surface area contributed by atoms with Crippen LogP contribution in [0.3, 0.4) is 0 Å². The summed E-state index contributed by atoms with van der Waals surface area (Å²) >= 11 is 0. The third kappa shape index (κ3) is 6.63. The average molecular weight is 550 g/mol. The molecule has 0 aliphatic carbocycles. The smallest absolute Gasteiger partial charge is 0.287 e. The Morgan fingerprint density at radius 2 is 1.80 bits per heavy atom. The number of rotatable bonds is 11. The molecule has 2 atom stereocenters. The molecule has 212 valence electrons. The number of amides is 3. The fraction of sp³-hybridized carbons (Fsp3) is 0.367. The molecular formula is C30H35N3O7. The first kappa shape index (κ1) is 28.7. The van der Waals surface area contributed by atoms with E-state index in [1.807, 2.05) is 26.0 Å². The Hall–Kier alpha value is -4.31. The summed E-state index contributed by atoms with van der Waals surface area (Å²) < 4.78 is 21.7. The molecule has 3 aromatic rings. The topological polar surface area (TPSA) is 119 Å². The lowest BCUT2D eigenvalue weighted by atomic mass is 10.0. The van der Waals surface area contributed by atoms with Crippen LogP contribution in [0, 0.1) is 13.8 Å². The van der Waals surface area contributed by atoms with E-state index in [2.05, 4.69) is 10.6 Å². The first-order valence-electron chi connectivity index (χ1n) is 13.1. The van der Waals surface area contributed by atoms with Crippen molar-refractivity contribution in [3.8, 4) is 11.5 Å². The number of ether oxygens (including phenoxy) is 3. The summed E-state index contributed by atoms with van der Waals surface area (Å²) in [5, 5.41) is 5.58. The van der Waals surface area contributed by atoms with Gasteiger partial charge in [-0.1, -0.05) is 12.1 Å². The van der Waals surface area contributed by atoms with Gasteiger partial charge < -0.3 is 29.3 Å². The van der Waals surface area contributed by atoms with Crippen LogP contribution >= 0.6 is 0 Å². The number of hydrogen-bond acceptors (Lipinski definition) is 7. The molecule has 10 nitrogen and oxygen atoms in total. The molecule has 0 radical (unpaired) electrons. The van der Waals surface area contributed by atoms with Gasteiger partial charge in [0.25, 0.3) is 5.91 Å². The predicted molar refractivity (Wildman–Crippen MR) is 149 cm³/mol. The number of aryl methyl sites for hydroxylation is 2. The van der Waals surface area contributed by atoms with Gasteiger partial charge in [0.2, 0.25) is 11.8 Å². The highest BCUT2D eigenvalue weighted by Crippen LogP contribution is 2.35. The number of nitrogens with one attached hydrogen (secondary N) is 2. The molecule has 3 amide bonds. The lowest BCUT2D eigenvalue weighted by molar-refractivity contribution is -0.126. The van der Waals surface area contributed by atoms with Crippen LogP contribution in [0.1, 0.15) is 46.1 Å². The van der Waals surface area contributed by atoms with Gasteiger partial charge in [0.15, 0.2) is 17.3 Å². The summed E-state index contributed by atoms with van der Waals surface area (Å²) in [5.74, 6) is -0.447. The number of hydrogen-bond donors (Lipinski definition) is 2. The first-order chi connectivity index (χ1) is 19.3. The van der Waals surface area contributed by atoms with Gasteiger partial charge in [-0.2, -0.15) is 0 Å². The summed E-state index contributed by atoms with van der Waals surface area (Å²) in [7, 11) is 3.03. The van der Waals surface area contributed by atoms with E-state index in [1.165, 1.54) is 31.4 Å². The number of carbonyl (C=O) groups excluding carboxylic acids is 3. The highest BCUT2D eigenvalue weighted by atomic mass is 16.5. The Balaban J connectivity index is 1.73. The van der Waals surface area contributed by atoms with Crippen LogP contribution < -0.4 is 25.0 Å². The molecule has 1 aliphatic heterocycles. The minimum atomic E-state index is -1.09. The molecule has 0 bridgehead atoms. The van der Waals surface area contributed by atoms with E-state index in [0.29, 0.717) is 35.9 Å². The van der Waals surface area contributed by atoms with Crippen LogP contribution in [0.2, 0.25) is 0 Å². The fourth-order valence-corrected chi connectivity index (χ4v) is 4.61. The van der Waals surface area contributed by atoms with Gasteiger partial charge >= 0.3 is 0 Å². The van der Waals surface area contributed by atoms with Crippen molar-refractivity contribution in [2.75, 3.05) is 38.8 Å². The van der Waals surface area contributed by atoms with E-state index < -0.39 is 23.8 Å². The maximum absolute atomic E-state index is 13.9. The quantitative estimate of drug-likeness (QED) is 0.374. The summed E-state index contributed by atoms with van der Waals surface area (Å²) in [6.45, 7) is 4.50. The van der Waals surface area contributed by atoms with Crippen LogP contribution in [-0.4, -0.2) is 57.7 Å². The minimum Gasteiger partial charge on any atom is -0.493 e. The molecule has 40 heavy (non-hydrogen) atoms. The van der Waals surface area contributed by atoms with Gasteiger partial charge in [0.05, 0.1) is 33.1 Å². The van der Waals surface area contributed by atoms with Gasteiger partial charge in [-0.25, -0.2) is 0 Å². The molecule has 0 spiro atoms. The zero-order chi connectivity index (χ0) is 28.6. The number of furan rings is 1. The monoisotopic (exact) mass is 549 g/mol. The van der Waals surface area contributed by atoms with Crippen molar-refractivity contribution in [3.63, 3.8) is 0 Å². The molecule has 2 aromatic carbocycles. The van der Waals surface area contributed by atoms with Crippen molar-refractivity contribution in [2.24, 2.45) is 0 Å². The highest BCUT2D eigenvalue weighted by Gasteiger charge is 2.34. The van der Waals surface area contributed by atoms with Gasteiger partial charge in [-0.15, -0.1) is 0 Å². The number of carbonyl (C=O) groups is 3. The maximum Gasteiger partial charge on any atom is 0.287 e. The van der Waals surface area contributed by atoms with Crippen molar-refractivity contribution in [3.05, 3.63) is 77.2 Å². The second-order valence-corrected chi connectivity index (χ2v) is 9.59. The summed E-state index contributed by atoms with van der Waals surface area (Å²) in [6.07, 6.45) is 3.07. The van der Waals surface area contributed by atoms with E-state index in [9.17, 15) is 14.4 Å². The largest absolute Gasteiger partial charge is 0.493 e. The molecular weight excluding hydrogens is 514 g/mol. The standard InChI is InChI=1S/C30H35N3O7/c1-19-9-11-22(15-20(19)2)33(27(34)18-32-29(35)25-8-6-14-40-25)28(30(36)31-17-23-7-5-13-39-23)21-10-12-24(37-3)26(16-21)38-4/h6,8-12,14-16,23,28H,5,7,13,17-18H2,1-4H3,(H,31,36)(H,32,35)/t23-,28-/m1/s1. The Morgan fingerprint density at radius 1 is 1.00 bits per heavy atom. The van der Waals surface area contributed by atoms with Crippen molar-refractivity contribution >= 4 is 23.4 Å². The molecule has 1 saturated heterocycles. The maximum atomic E-state index is 13.9. The van der Waals surface area contributed by atoms with E-state index in [-0.39, 0.29) is 18.4 Å². The molecule has 10 heteroatoms. The van der Waals surface area contributed by atoms with Gasteiger partial charge in [-0.05, 0) is 79.8 Å². The lowest BCUT2D eigenvalue weighted by Gasteiger charge is -2.32. The molecule has 0 saturated carbocycles. The number of methoxy groups -OCH3 is 2. The van der Waals surface area contributed by atoms with Crippen LogP contribution in [0.5, 0.6) is 11.5 Å². The molecule has 1 fully saturated rings. The van der Waals surface area contributed by atoms with Crippen molar-refractivity contribution in [2.45, 2.75) is 38.8 Å². The van der Waals surface area contributed by atoms with Crippen molar-refractivity contribution < 1.29 is 33.0 Å². The van der Waals surface area contributed by atoms with Gasteiger partial charge in [-0.3, -0.25) is 19.3 Å².